The van der Waals surface area contributed by atoms with E-state index in [2.05, 4.69) is 20.5 Å². The number of pyridine rings is 1. The number of nitrogens with zero attached hydrogens (tertiary/aromatic N) is 3. The number of aromatic carboxylic acids is 1. The fourth-order valence-corrected chi connectivity index (χ4v) is 3.53. The number of anilines is 1. The molecule has 0 aliphatic rings. The number of hydrogen-bond acceptors (Lipinski definition) is 8. The van der Waals surface area contributed by atoms with Crippen molar-refractivity contribution in [1.29, 1.82) is 0 Å². The molecule has 0 aliphatic carbocycles. The van der Waals surface area contributed by atoms with E-state index in [0.717, 1.165) is 10.6 Å². The van der Waals surface area contributed by atoms with Crippen LogP contribution in [0.15, 0.2) is 53.1 Å². The first-order valence-corrected chi connectivity index (χ1v) is 8.90. The molecule has 3 rings (SSSR count). The highest BCUT2D eigenvalue weighted by Gasteiger charge is 2.10. The zero-order valence-corrected chi connectivity index (χ0v) is 14.3. The Labute approximate surface area is 151 Å². The minimum Gasteiger partial charge on any atom is -0.545 e. The molecule has 1 aromatic carbocycles. The summed E-state index contributed by atoms with van der Waals surface area (Å²) in [5, 5.41) is 22.3. The van der Waals surface area contributed by atoms with Gasteiger partial charge < -0.3 is 15.2 Å². The van der Waals surface area contributed by atoms with Crippen LogP contribution in [0.3, 0.4) is 0 Å². The Bertz CT molecular complexity index is 882. The number of rotatable bonds is 6. The summed E-state index contributed by atoms with van der Waals surface area (Å²) >= 11 is 2.67. The SMILES string of the molecule is O=C(CSc1nnc(-c2cccnc2)s1)Nc1ccc(C(=O)[O-])cc1. The van der Waals surface area contributed by atoms with E-state index >= 15 is 0 Å². The van der Waals surface area contributed by atoms with E-state index in [1.165, 1.54) is 47.4 Å². The third-order valence-electron chi connectivity index (χ3n) is 3.05. The Balaban J connectivity index is 1.54. The van der Waals surface area contributed by atoms with Crippen molar-refractivity contribution in [1.82, 2.24) is 15.2 Å². The molecule has 2 heterocycles. The van der Waals surface area contributed by atoms with E-state index < -0.39 is 5.97 Å². The third-order valence-corrected chi connectivity index (χ3v) is 5.15. The number of amides is 1. The Morgan fingerprint density at radius 2 is 1.96 bits per heavy atom. The van der Waals surface area contributed by atoms with E-state index in [9.17, 15) is 14.7 Å². The first-order chi connectivity index (χ1) is 12.1. The largest absolute Gasteiger partial charge is 0.545 e. The Morgan fingerprint density at radius 1 is 1.16 bits per heavy atom. The average Bonchev–Trinajstić information content (AvgIpc) is 3.10. The van der Waals surface area contributed by atoms with Gasteiger partial charge in [-0.3, -0.25) is 9.78 Å². The molecule has 0 saturated carbocycles. The first-order valence-electron chi connectivity index (χ1n) is 7.10. The second-order valence-electron chi connectivity index (χ2n) is 4.82. The monoisotopic (exact) mass is 371 g/mol. The van der Waals surface area contributed by atoms with Gasteiger partial charge in [-0.25, -0.2) is 0 Å². The van der Waals surface area contributed by atoms with Crippen LogP contribution in [0.2, 0.25) is 0 Å². The molecule has 2 aromatic heterocycles. The summed E-state index contributed by atoms with van der Waals surface area (Å²) in [5.41, 5.74) is 1.46. The van der Waals surface area contributed by atoms with Gasteiger partial charge >= 0.3 is 0 Å². The summed E-state index contributed by atoms with van der Waals surface area (Å²) in [5.74, 6) is -1.30. The lowest BCUT2D eigenvalue weighted by Crippen LogP contribution is -2.22. The zero-order valence-electron chi connectivity index (χ0n) is 12.7. The number of carboxylic acids is 1. The van der Waals surface area contributed by atoms with Crippen LogP contribution in [0.1, 0.15) is 10.4 Å². The second-order valence-corrected chi connectivity index (χ2v) is 7.02. The highest BCUT2D eigenvalue weighted by Crippen LogP contribution is 2.28. The molecule has 0 spiro atoms. The maximum atomic E-state index is 12.0. The molecule has 0 unspecified atom stereocenters. The summed E-state index contributed by atoms with van der Waals surface area (Å²) in [6.07, 6.45) is 3.39. The standard InChI is InChI=1S/C16H12N4O3S2/c21-13(18-12-5-3-10(4-6-12)15(22)23)9-24-16-20-19-14(25-16)11-2-1-7-17-8-11/h1-8H,9H2,(H,18,21)(H,22,23)/p-1. The van der Waals surface area contributed by atoms with Gasteiger partial charge in [0, 0.05) is 23.6 Å². The van der Waals surface area contributed by atoms with Crippen molar-refractivity contribution in [2.24, 2.45) is 0 Å². The Hall–Kier alpha value is -2.78. The molecule has 25 heavy (non-hydrogen) atoms. The van der Waals surface area contributed by atoms with Crippen LogP contribution < -0.4 is 10.4 Å². The van der Waals surface area contributed by atoms with Gasteiger partial charge in [-0.2, -0.15) is 0 Å². The summed E-state index contributed by atoms with van der Waals surface area (Å²) in [6, 6.07) is 9.50. The van der Waals surface area contributed by atoms with Crippen molar-refractivity contribution in [2.45, 2.75) is 4.34 Å². The molecule has 3 aromatic rings. The summed E-state index contributed by atoms with van der Waals surface area (Å²) in [4.78, 5) is 26.7. The fraction of sp³-hybridized carbons (Fsp3) is 0.0625. The minimum absolute atomic E-state index is 0.0594. The van der Waals surface area contributed by atoms with Crippen LogP contribution in [-0.4, -0.2) is 32.8 Å². The van der Waals surface area contributed by atoms with Crippen LogP contribution >= 0.6 is 23.1 Å². The molecule has 0 fully saturated rings. The van der Waals surface area contributed by atoms with Gasteiger partial charge in [0.15, 0.2) is 4.34 Å². The lowest BCUT2D eigenvalue weighted by molar-refractivity contribution is -0.255. The maximum absolute atomic E-state index is 12.0. The molecule has 0 saturated heterocycles. The van der Waals surface area contributed by atoms with E-state index in [1.54, 1.807) is 12.4 Å². The predicted molar refractivity (Wildman–Crippen MR) is 93.3 cm³/mol. The Kier molecular flexibility index (Phi) is 5.36. The van der Waals surface area contributed by atoms with Crippen LogP contribution in [-0.2, 0) is 4.79 Å². The second kappa shape index (κ2) is 7.86. The third kappa shape index (κ3) is 4.61. The van der Waals surface area contributed by atoms with Crippen molar-refractivity contribution in [2.75, 3.05) is 11.1 Å². The van der Waals surface area contributed by atoms with Gasteiger partial charge in [0.2, 0.25) is 5.91 Å². The number of benzene rings is 1. The van der Waals surface area contributed by atoms with Crippen molar-refractivity contribution < 1.29 is 14.7 Å². The Morgan fingerprint density at radius 3 is 2.64 bits per heavy atom. The van der Waals surface area contributed by atoms with Crippen LogP contribution in [0.25, 0.3) is 10.6 Å². The molecule has 0 bridgehead atoms. The summed E-state index contributed by atoms with van der Waals surface area (Å²) < 4.78 is 0.682. The smallest absolute Gasteiger partial charge is 0.234 e. The number of carbonyl (C=O) groups excluding carboxylic acids is 2. The zero-order chi connectivity index (χ0) is 17.6. The minimum atomic E-state index is -1.26. The maximum Gasteiger partial charge on any atom is 0.234 e. The number of hydrogen-bond donors (Lipinski definition) is 1. The molecule has 1 N–H and O–H groups in total. The van der Waals surface area contributed by atoms with Crippen LogP contribution in [0, 0.1) is 0 Å². The number of aromatic nitrogens is 3. The molecular formula is C16H11N4O3S2-. The molecule has 126 valence electrons. The topological polar surface area (TPSA) is 108 Å². The van der Waals surface area contributed by atoms with Gasteiger partial charge in [-0.15, -0.1) is 10.2 Å². The molecule has 7 nitrogen and oxygen atoms in total. The fourth-order valence-electron chi connectivity index (χ4n) is 1.89. The van der Waals surface area contributed by atoms with Gasteiger partial charge in [0.1, 0.15) is 5.01 Å². The molecule has 9 heteroatoms. The van der Waals surface area contributed by atoms with E-state index in [0.29, 0.717) is 10.0 Å². The lowest BCUT2D eigenvalue weighted by Gasteiger charge is -2.06. The highest BCUT2D eigenvalue weighted by molar-refractivity contribution is 8.01. The summed E-state index contributed by atoms with van der Waals surface area (Å²) in [7, 11) is 0. The molecular weight excluding hydrogens is 360 g/mol. The first kappa shape index (κ1) is 17.1. The average molecular weight is 371 g/mol. The van der Waals surface area contributed by atoms with Crippen molar-refractivity contribution >= 4 is 40.7 Å². The van der Waals surface area contributed by atoms with Crippen LogP contribution in [0.4, 0.5) is 5.69 Å². The van der Waals surface area contributed by atoms with E-state index in [4.69, 9.17) is 0 Å². The highest BCUT2D eigenvalue weighted by atomic mass is 32.2. The van der Waals surface area contributed by atoms with Crippen LogP contribution in [0.5, 0.6) is 0 Å². The number of carboxylic acid groups (broad SMARTS) is 1. The quantitative estimate of drug-likeness (QED) is 0.657. The summed E-state index contributed by atoms with van der Waals surface area (Å²) in [6.45, 7) is 0. The van der Waals surface area contributed by atoms with Gasteiger partial charge in [-0.1, -0.05) is 35.2 Å². The lowest BCUT2D eigenvalue weighted by atomic mass is 10.2. The van der Waals surface area contributed by atoms with Crippen molar-refractivity contribution in [3.63, 3.8) is 0 Å². The number of carbonyl (C=O) groups is 2. The van der Waals surface area contributed by atoms with Crippen molar-refractivity contribution in [3.05, 3.63) is 54.4 Å². The predicted octanol–water partition coefficient (Wildman–Crippen LogP) is 1.69. The van der Waals surface area contributed by atoms with E-state index in [1.807, 2.05) is 12.1 Å². The number of nitrogens with one attached hydrogen (secondary N) is 1. The molecule has 0 aliphatic heterocycles. The number of thioether (sulfide) groups is 1. The van der Waals surface area contributed by atoms with Gasteiger partial charge in [0.25, 0.3) is 0 Å². The molecule has 0 radical (unpaired) electrons. The normalized spacial score (nSPS) is 10.4. The van der Waals surface area contributed by atoms with Crippen molar-refractivity contribution in [3.8, 4) is 10.6 Å². The molecule has 1 amide bonds. The van der Waals surface area contributed by atoms with Gasteiger partial charge in [-0.05, 0) is 29.8 Å². The molecule has 0 atom stereocenters. The van der Waals surface area contributed by atoms with E-state index in [-0.39, 0.29) is 17.2 Å². The van der Waals surface area contributed by atoms with Gasteiger partial charge in [0.05, 0.1) is 11.7 Å².